The molecule has 2 aromatic rings. The predicted molar refractivity (Wildman–Crippen MR) is 168 cm³/mol. The smallest absolute Gasteiger partial charge is 0.407 e. The lowest BCUT2D eigenvalue weighted by Gasteiger charge is -2.29. The molecule has 1 aliphatic rings. The molecule has 2 heterocycles. The molecule has 5 amide bonds. The highest BCUT2D eigenvalue weighted by atomic mass is 19.3. The number of likely N-dealkylation sites (tertiary alicyclic amines) is 1. The maximum Gasteiger partial charge on any atom is 0.407 e. The van der Waals surface area contributed by atoms with E-state index in [9.17, 15) is 32.8 Å². The molecule has 1 aromatic carbocycles. The zero-order valence-electron chi connectivity index (χ0n) is 27.2. The van der Waals surface area contributed by atoms with Gasteiger partial charge in [-0.2, -0.15) is 0 Å². The number of hydrogen-bond donors (Lipinski definition) is 3. The van der Waals surface area contributed by atoms with Gasteiger partial charge in [-0.25, -0.2) is 13.6 Å². The number of carbonyl (C=O) groups is 5. The lowest BCUT2D eigenvalue weighted by Crippen LogP contribution is -2.48. The Morgan fingerprint density at radius 1 is 1.04 bits per heavy atom. The van der Waals surface area contributed by atoms with Gasteiger partial charge in [-0.1, -0.05) is 6.92 Å². The van der Waals surface area contributed by atoms with Gasteiger partial charge in [-0.15, -0.1) is 0 Å². The molecule has 0 aliphatic carbocycles. The average molecular weight is 647 g/mol. The summed E-state index contributed by atoms with van der Waals surface area (Å²) < 4.78 is 33.8. The van der Waals surface area contributed by atoms with E-state index in [0.717, 1.165) is 4.90 Å². The van der Waals surface area contributed by atoms with Gasteiger partial charge in [-0.05, 0) is 64.3 Å². The number of amides is 5. The number of aromatic nitrogens is 1. The Labute approximate surface area is 267 Å². The Morgan fingerprint density at radius 2 is 1.74 bits per heavy atom. The lowest BCUT2D eigenvalue weighted by molar-refractivity contribution is -0.137. The molecule has 0 spiro atoms. The average Bonchev–Trinajstić information content (AvgIpc) is 3.07. The number of alkyl carbamates (subject to hydrolysis) is 1. The van der Waals surface area contributed by atoms with Crippen molar-refractivity contribution in [3.63, 3.8) is 0 Å². The summed E-state index contributed by atoms with van der Waals surface area (Å²) in [5, 5.41) is 8.14. The molecule has 12 nitrogen and oxygen atoms in total. The number of ether oxygens (including phenoxy) is 1. The van der Waals surface area contributed by atoms with Crippen LogP contribution in [-0.4, -0.2) is 90.4 Å². The Balaban J connectivity index is 1.57. The van der Waals surface area contributed by atoms with Crippen LogP contribution in [0.4, 0.5) is 19.3 Å². The largest absolute Gasteiger partial charge is 0.444 e. The minimum atomic E-state index is -3.00. The second-order valence-electron chi connectivity index (χ2n) is 12.7. The summed E-state index contributed by atoms with van der Waals surface area (Å²) in [4.78, 5) is 69.6. The van der Waals surface area contributed by atoms with Crippen molar-refractivity contribution in [2.24, 2.45) is 5.92 Å². The fourth-order valence-corrected chi connectivity index (χ4v) is 5.30. The van der Waals surface area contributed by atoms with Gasteiger partial charge in [0, 0.05) is 62.7 Å². The van der Waals surface area contributed by atoms with E-state index in [-0.39, 0.29) is 55.6 Å². The third kappa shape index (κ3) is 10.6. The van der Waals surface area contributed by atoms with Crippen LogP contribution in [0.2, 0.25) is 0 Å². The van der Waals surface area contributed by atoms with E-state index >= 15 is 0 Å². The molecule has 0 bridgehead atoms. The Hall–Kier alpha value is -4.36. The molecule has 1 aromatic heterocycles. The minimum absolute atomic E-state index is 0.0765. The first kappa shape index (κ1) is 36.1. The number of fused-ring (bicyclic) bond motifs is 1. The van der Waals surface area contributed by atoms with Gasteiger partial charge in [0.1, 0.15) is 5.60 Å². The fourth-order valence-electron chi connectivity index (χ4n) is 5.30. The van der Waals surface area contributed by atoms with E-state index in [4.69, 9.17) is 4.74 Å². The van der Waals surface area contributed by atoms with Gasteiger partial charge in [0.25, 0.3) is 11.8 Å². The van der Waals surface area contributed by atoms with E-state index < -0.39 is 48.6 Å². The molecule has 1 aliphatic heterocycles. The molecule has 3 N–H and O–H groups in total. The van der Waals surface area contributed by atoms with Crippen LogP contribution < -0.4 is 20.9 Å². The van der Waals surface area contributed by atoms with Crippen molar-refractivity contribution >= 4 is 46.3 Å². The maximum absolute atomic E-state index is 14.4. The van der Waals surface area contributed by atoms with E-state index in [0.29, 0.717) is 23.0 Å². The molecule has 0 radical (unpaired) electrons. The third-order valence-electron chi connectivity index (χ3n) is 7.46. The Bertz CT molecular complexity index is 1450. The van der Waals surface area contributed by atoms with Crippen LogP contribution in [0, 0.1) is 5.92 Å². The number of benzene rings is 1. The molecular weight excluding hydrogens is 602 g/mol. The van der Waals surface area contributed by atoms with E-state index in [1.807, 2.05) is 0 Å². The number of rotatable bonds is 10. The molecule has 2 atom stereocenters. The number of nitrogens with one attached hydrogen (secondary N) is 3. The number of hydrogen-bond acceptors (Lipinski definition) is 7. The van der Waals surface area contributed by atoms with Crippen LogP contribution in [0.15, 0.2) is 30.5 Å². The molecule has 2 unspecified atom stereocenters. The van der Waals surface area contributed by atoms with Gasteiger partial charge in [0.15, 0.2) is 0 Å². The van der Waals surface area contributed by atoms with Crippen molar-refractivity contribution < 1.29 is 37.5 Å². The molecule has 46 heavy (non-hydrogen) atoms. The quantitative estimate of drug-likeness (QED) is 0.334. The number of carbonyl (C=O) groups excluding carboxylic acids is 5. The lowest BCUT2D eigenvalue weighted by atomic mass is 9.98. The topological polar surface area (TPSA) is 150 Å². The van der Waals surface area contributed by atoms with Crippen LogP contribution in [0.1, 0.15) is 70.7 Å². The standard InChI is InChI=1S/C32H44F2N6O6/c1-20-15-21(2)40(19-32(33,34)17-20)28(43)18-38-29(44)23-11-12-35-25-8-7-22(16-24(23)25)39(6)27(42)10-9-26(41)36-13-14-37-30(45)46-31(3,4)5/h7-8,11-12,16,20-21H,9-10,13-15,17-19H2,1-6H3,(H,36,41)(H,37,45)(H,38,44). The second kappa shape index (κ2) is 15.3. The molecule has 0 saturated carbocycles. The first-order chi connectivity index (χ1) is 21.5. The fraction of sp³-hybridized carbons (Fsp3) is 0.562. The zero-order valence-corrected chi connectivity index (χ0v) is 27.2. The van der Waals surface area contributed by atoms with E-state index in [2.05, 4.69) is 20.9 Å². The highest BCUT2D eigenvalue weighted by molar-refractivity contribution is 6.08. The van der Waals surface area contributed by atoms with Crippen molar-refractivity contribution in [3.8, 4) is 0 Å². The molecule has 1 saturated heterocycles. The van der Waals surface area contributed by atoms with Crippen LogP contribution in [0.25, 0.3) is 10.9 Å². The molecule has 3 rings (SSSR count). The minimum Gasteiger partial charge on any atom is -0.444 e. The van der Waals surface area contributed by atoms with E-state index in [1.54, 1.807) is 59.9 Å². The summed E-state index contributed by atoms with van der Waals surface area (Å²) in [6.07, 6.45) is 0.827. The van der Waals surface area contributed by atoms with Crippen molar-refractivity contribution in [2.45, 2.75) is 77.9 Å². The maximum atomic E-state index is 14.4. The van der Waals surface area contributed by atoms with Gasteiger partial charge < -0.3 is 30.5 Å². The summed E-state index contributed by atoms with van der Waals surface area (Å²) in [5.74, 6) is -5.14. The summed E-state index contributed by atoms with van der Waals surface area (Å²) in [6, 6.07) is 5.99. The molecule has 1 fully saturated rings. The Kier molecular flexibility index (Phi) is 12.0. The van der Waals surface area contributed by atoms with Crippen molar-refractivity contribution in [1.82, 2.24) is 25.8 Å². The molecule has 14 heteroatoms. The predicted octanol–water partition coefficient (Wildman–Crippen LogP) is 3.63. The SMILES string of the molecule is CC1CC(C)N(C(=O)CNC(=O)c2ccnc3ccc(N(C)C(=O)CCC(=O)NCCNC(=O)OC(C)(C)C)cc23)CC(F)(F)C1. The monoisotopic (exact) mass is 646 g/mol. The van der Waals surface area contributed by atoms with Crippen LogP contribution in [0.3, 0.4) is 0 Å². The summed E-state index contributed by atoms with van der Waals surface area (Å²) in [7, 11) is 1.54. The highest BCUT2D eigenvalue weighted by Crippen LogP contribution is 2.32. The second-order valence-corrected chi connectivity index (χ2v) is 12.7. The number of halogens is 2. The van der Waals surface area contributed by atoms with Gasteiger partial charge in [-0.3, -0.25) is 24.2 Å². The van der Waals surface area contributed by atoms with Crippen LogP contribution >= 0.6 is 0 Å². The van der Waals surface area contributed by atoms with Crippen molar-refractivity contribution in [2.75, 3.05) is 38.1 Å². The normalized spacial score (nSPS) is 17.9. The van der Waals surface area contributed by atoms with Crippen LogP contribution in [0.5, 0.6) is 0 Å². The van der Waals surface area contributed by atoms with Crippen molar-refractivity contribution in [1.29, 1.82) is 0 Å². The van der Waals surface area contributed by atoms with Crippen LogP contribution in [-0.2, 0) is 19.1 Å². The number of alkyl halides is 2. The van der Waals surface area contributed by atoms with E-state index in [1.165, 1.54) is 17.2 Å². The molecule has 252 valence electrons. The summed E-state index contributed by atoms with van der Waals surface area (Å²) in [5.41, 5.74) is 0.484. The first-order valence-electron chi connectivity index (χ1n) is 15.3. The number of pyridine rings is 1. The van der Waals surface area contributed by atoms with Gasteiger partial charge in [0.2, 0.25) is 17.7 Å². The van der Waals surface area contributed by atoms with Gasteiger partial charge >= 0.3 is 6.09 Å². The summed E-state index contributed by atoms with van der Waals surface area (Å²) >= 11 is 0. The number of nitrogens with zero attached hydrogens (tertiary/aromatic N) is 3. The third-order valence-corrected chi connectivity index (χ3v) is 7.46. The van der Waals surface area contributed by atoms with Gasteiger partial charge in [0.05, 0.1) is 24.2 Å². The Morgan fingerprint density at radius 3 is 2.43 bits per heavy atom. The first-order valence-corrected chi connectivity index (χ1v) is 15.3. The highest BCUT2D eigenvalue weighted by Gasteiger charge is 2.40. The summed E-state index contributed by atoms with van der Waals surface area (Å²) in [6.45, 7) is 7.87. The van der Waals surface area contributed by atoms with Crippen molar-refractivity contribution in [3.05, 3.63) is 36.0 Å². The number of anilines is 1. The zero-order chi connectivity index (χ0) is 34.2. The molecular formula is C32H44F2N6O6.